The summed E-state index contributed by atoms with van der Waals surface area (Å²) in [5, 5.41) is 14.6. The van der Waals surface area contributed by atoms with Crippen molar-refractivity contribution in [1.29, 1.82) is 0 Å². The number of fused-ring (bicyclic) bond motifs is 1. The molecule has 122 valence electrons. The summed E-state index contributed by atoms with van der Waals surface area (Å²) >= 11 is 0. The van der Waals surface area contributed by atoms with Crippen molar-refractivity contribution in [3.8, 4) is 5.75 Å². The van der Waals surface area contributed by atoms with Crippen LogP contribution in [0.4, 0.5) is 11.4 Å². The smallest absolute Gasteiger partial charge is 0.312 e. The summed E-state index contributed by atoms with van der Waals surface area (Å²) in [6.45, 7) is 0. The largest absolute Gasteiger partial charge is 0.490 e. The number of rotatable bonds is 5. The first kappa shape index (κ1) is 15.5. The van der Waals surface area contributed by atoms with E-state index in [0.29, 0.717) is 11.3 Å². The molecular weight excluding hydrogens is 312 g/mol. The minimum absolute atomic E-state index is 0.130. The van der Waals surface area contributed by atoms with Gasteiger partial charge in [0.25, 0.3) is 0 Å². The molecule has 2 N–H and O–H groups in total. The van der Waals surface area contributed by atoms with Crippen molar-refractivity contribution in [2.45, 2.75) is 6.42 Å². The third-order valence-corrected chi connectivity index (χ3v) is 3.55. The molecule has 0 spiro atoms. The fourth-order valence-corrected chi connectivity index (χ4v) is 2.45. The highest BCUT2D eigenvalue weighted by Crippen LogP contribution is 2.29. The molecule has 0 atom stereocenters. The molecule has 0 saturated heterocycles. The Kier molecular flexibility index (Phi) is 4.11. The first-order chi connectivity index (χ1) is 11.6. The minimum Gasteiger partial charge on any atom is -0.490 e. The molecule has 3 aromatic rings. The van der Waals surface area contributed by atoms with Gasteiger partial charge in [0.1, 0.15) is 5.65 Å². The van der Waals surface area contributed by atoms with Gasteiger partial charge in [0.2, 0.25) is 5.91 Å². The van der Waals surface area contributed by atoms with Crippen molar-refractivity contribution < 1.29 is 14.5 Å². The average Bonchev–Trinajstić information content (AvgIpc) is 2.98. The summed E-state index contributed by atoms with van der Waals surface area (Å²) in [6.07, 6.45) is 3.53. The number of nitro benzene ring substituents is 1. The molecule has 8 heteroatoms. The van der Waals surface area contributed by atoms with Crippen molar-refractivity contribution in [3.05, 3.63) is 58.4 Å². The van der Waals surface area contributed by atoms with Crippen molar-refractivity contribution >= 4 is 28.3 Å². The van der Waals surface area contributed by atoms with Crippen molar-refractivity contribution in [2.24, 2.45) is 0 Å². The lowest BCUT2D eigenvalue weighted by atomic mass is 10.1. The Labute approximate surface area is 136 Å². The summed E-state index contributed by atoms with van der Waals surface area (Å²) in [4.78, 5) is 29.8. The number of carbonyl (C=O) groups is 1. The fraction of sp³-hybridized carbons (Fsp3) is 0.125. The highest BCUT2D eigenvalue weighted by molar-refractivity contribution is 5.95. The zero-order valence-electron chi connectivity index (χ0n) is 12.8. The number of aromatic nitrogens is 2. The zero-order chi connectivity index (χ0) is 17.1. The maximum atomic E-state index is 12.2. The summed E-state index contributed by atoms with van der Waals surface area (Å²) in [5.41, 5.74) is 1.65. The molecule has 3 rings (SSSR count). The molecule has 2 heterocycles. The highest BCUT2D eigenvalue weighted by atomic mass is 16.6. The SMILES string of the molecule is COc1ccc(NC(=O)Cc2c[nH]c3ncccc23)cc1[N+](=O)[O-]. The molecule has 0 saturated carbocycles. The lowest BCUT2D eigenvalue weighted by molar-refractivity contribution is -0.385. The van der Waals surface area contributed by atoms with Crippen LogP contribution in [0.3, 0.4) is 0 Å². The van der Waals surface area contributed by atoms with E-state index in [9.17, 15) is 14.9 Å². The van der Waals surface area contributed by atoms with E-state index in [0.717, 1.165) is 10.9 Å². The normalized spacial score (nSPS) is 10.5. The van der Waals surface area contributed by atoms with Gasteiger partial charge in [-0.2, -0.15) is 0 Å². The van der Waals surface area contributed by atoms with E-state index in [2.05, 4.69) is 15.3 Å². The lowest BCUT2D eigenvalue weighted by Crippen LogP contribution is -2.14. The molecule has 2 aromatic heterocycles. The number of ether oxygens (including phenoxy) is 1. The van der Waals surface area contributed by atoms with Gasteiger partial charge in [-0.15, -0.1) is 0 Å². The molecule has 0 radical (unpaired) electrons. The quantitative estimate of drug-likeness (QED) is 0.553. The molecule has 8 nitrogen and oxygen atoms in total. The van der Waals surface area contributed by atoms with Crippen LogP contribution in [-0.4, -0.2) is 27.9 Å². The van der Waals surface area contributed by atoms with Gasteiger partial charge in [-0.05, 0) is 29.8 Å². The summed E-state index contributed by atoms with van der Waals surface area (Å²) in [6, 6.07) is 7.95. The van der Waals surface area contributed by atoms with Gasteiger partial charge in [0.15, 0.2) is 5.75 Å². The topological polar surface area (TPSA) is 110 Å². The second kappa shape index (κ2) is 6.37. The standard InChI is InChI=1S/C16H14N4O4/c1-24-14-5-4-11(8-13(14)20(22)23)19-15(21)7-10-9-18-16-12(10)3-2-6-17-16/h2-6,8-9H,7H2,1H3,(H,17,18)(H,19,21). The molecule has 1 amide bonds. The molecule has 1 aromatic carbocycles. The van der Waals surface area contributed by atoms with E-state index >= 15 is 0 Å². The number of anilines is 1. The monoisotopic (exact) mass is 326 g/mol. The van der Waals surface area contributed by atoms with Gasteiger partial charge >= 0.3 is 5.69 Å². The van der Waals surface area contributed by atoms with E-state index < -0.39 is 4.92 Å². The second-order valence-electron chi connectivity index (χ2n) is 5.08. The van der Waals surface area contributed by atoms with Gasteiger partial charge < -0.3 is 15.0 Å². The number of hydrogen-bond donors (Lipinski definition) is 2. The first-order valence-corrected chi connectivity index (χ1v) is 7.11. The van der Waals surface area contributed by atoms with Gasteiger partial charge in [-0.3, -0.25) is 14.9 Å². The predicted octanol–water partition coefficient (Wildman–Crippen LogP) is 2.66. The van der Waals surface area contributed by atoms with Crippen LogP contribution >= 0.6 is 0 Å². The number of nitro groups is 1. The third-order valence-electron chi connectivity index (χ3n) is 3.55. The van der Waals surface area contributed by atoms with E-state index in [1.54, 1.807) is 24.5 Å². The second-order valence-corrected chi connectivity index (χ2v) is 5.08. The number of hydrogen-bond acceptors (Lipinski definition) is 5. The number of nitrogens with one attached hydrogen (secondary N) is 2. The Morgan fingerprint density at radius 2 is 2.25 bits per heavy atom. The molecule has 0 aliphatic rings. The zero-order valence-corrected chi connectivity index (χ0v) is 12.8. The van der Waals surface area contributed by atoms with E-state index in [4.69, 9.17) is 4.74 Å². The van der Waals surface area contributed by atoms with Crippen molar-refractivity contribution in [3.63, 3.8) is 0 Å². The predicted molar refractivity (Wildman–Crippen MR) is 88.1 cm³/mol. The van der Waals surface area contributed by atoms with Crippen LogP contribution in [0, 0.1) is 10.1 Å². The molecule has 0 unspecified atom stereocenters. The molecule has 0 fully saturated rings. The molecule has 24 heavy (non-hydrogen) atoms. The number of methoxy groups -OCH3 is 1. The number of H-pyrrole nitrogens is 1. The number of nitrogens with zero attached hydrogens (tertiary/aromatic N) is 2. The van der Waals surface area contributed by atoms with Crippen LogP contribution in [0.25, 0.3) is 11.0 Å². The van der Waals surface area contributed by atoms with E-state index in [1.807, 2.05) is 6.07 Å². The molecule has 0 aliphatic heterocycles. The van der Waals surface area contributed by atoms with Gasteiger partial charge in [0.05, 0.1) is 18.5 Å². The van der Waals surface area contributed by atoms with Crippen molar-refractivity contribution in [1.82, 2.24) is 9.97 Å². The Morgan fingerprint density at radius 1 is 1.42 bits per heavy atom. The van der Waals surface area contributed by atoms with Crippen LogP contribution < -0.4 is 10.1 Å². The number of pyridine rings is 1. The van der Waals surface area contributed by atoms with Crippen LogP contribution in [0.2, 0.25) is 0 Å². The fourth-order valence-electron chi connectivity index (χ4n) is 2.45. The number of carbonyl (C=O) groups excluding carboxylic acids is 1. The maximum absolute atomic E-state index is 12.2. The third kappa shape index (κ3) is 3.02. The number of aromatic amines is 1. The highest BCUT2D eigenvalue weighted by Gasteiger charge is 2.16. The Morgan fingerprint density at radius 3 is 3.00 bits per heavy atom. The van der Waals surface area contributed by atoms with E-state index in [1.165, 1.54) is 19.2 Å². The number of benzene rings is 1. The Hall–Kier alpha value is -3.42. The van der Waals surface area contributed by atoms with Gasteiger partial charge in [-0.1, -0.05) is 0 Å². The van der Waals surface area contributed by atoms with Crippen LogP contribution in [0.15, 0.2) is 42.7 Å². The van der Waals surface area contributed by atoms with Crippen molar-refractivity contribution in [2.75, 3.05) is 12.4 Å². The van der Waals surface area contributed by atoms with Gasteiger partial charge in [0, 0.05) is 29.5 Å². The summed E-state index contributed by atoms with van der Waals surface area (Å²) in [7, 11) is 1.35. The average molecular weight is 326 g/mol. The molecular formula is C16H14N4O4. The number of amides is 1. The summed E-state index contributed by atoms with van der Waals surface area (Å²) < 4.78 is 4.93. The van der Waals surface area contributed by atoms with E-state index in [-0.39, 0.29) is 23.8 Å². The minimum atomic E-state index is -0.556. The lowest BCUT2D eigenvalue weighted by Gasteiger charge is -2.07. The molecule has 0 aliphatic carbocycles. The summed E-state index contributed by atoms with van der Waals surface area (Å²) in [5.74, 6) is -0.139. The van der Waals surface area contributed by atoms with Crippen LogP contribution in [0.5, 0.6) is 5.75 Å². The molecule has 0 bridgehead atoms. The Bertz CT molecular complexity index is 919. The Balaban J connectivity index is 1.77. The van der Waals surface area contributed by atoms with Crippen LogP contribution in [0.1, 0.15) is 5.56 Å². The van der Waals surface area contributed by atoms with Crippen LogP contribution in [-0.2, 0) is 11.2 Å². The van der Waals surface area contributed by atoms with Gasteiger partial charge in [-0.25, -0.2) is 4.98 Å². The maximum Gasteiger partial charge on any atom is 0.312 e. The first-order valence-electron chi connectivity index (χ1n) is 7.11.